The van der Waals surface area contributed by atoms with Crippen molar-refractivity contribution in [3.63, 3.8) is 0 Å². The third-order valence-corrected chi connectivity index (χ3v) is 3.10. The lowest BCUT2D eigenvalue weighted by Gasteiger charge is -2.08. The van der Waals surface area contributed by atoms with E-state index < -0.39 is 5.97 Å². The van der Waals surface area contributed by atoms with Crippen LogP contribution in [0.5, 0.6) is 5.75 Å². The third-order valence-electron chi connectivity index (χ3n) is 2.45. The summed E-state index contributed by atoms with van der Waals surface area (Å²) in [5, 5.41) is 10.8. The number of rotatable bonds is 1. The van der Waals surface area contributed by atoms with Crippen molar-refractivity contribution in [2.75, 3.05) is 7.11 Å². The first-order valence-corrected chi connectivity index (χ1v) is 5.71. The number of halogens is 1. The summed E-state index contributed by atoms with van der Waals surface area (Å²) in [6.07, 6.45) is 0. The molecule has 1 heterocycles. The van der Waals surface area contributed by atoms with Crippen LogP contribution < -0.4 is 0 Å². The van der Waals surface area contributed by atoms with Crippen LogP contribution in [0, 0.1) is 6.92 Å². The fourth-order valence-electron chi connectivity index (χ4n) is 1.60. The molecule has 0 saturated carbocycles. The maximum atomic E-state index is 11.5. The molecule has 1 N–H and O–H groups in total. The molecule has 5 heteroatoms. The second-order valence-electron chi connectivity index (χ2n) is 3.59. The van der Waals surface area contributed by atoms with E-state index in [9.17, 15) is 9.90 Å². The lowest BCUT2D eigenvalue weighted by Crippen LogP contribution is -2.02. The lowest BCUT2D eigenvalue weighted by atomic mass is 10.1. The Morgan fingerprint density at radius 3 is 2.82 bits per heavy atom. The minimum atomic E-state index is -0.589. The predicted octanol–water partition coefficient (Wildman–Crippen LogP) is 2.80. The van der Waals surface area contributed by atoms with Crippen LogP contribution in [0.4, 0.5) is 0 Å². The number of methoxy groups -OCH3 is 1. The highest BCUT2D eigenvalue weighted by Gasteiger charge is 2.17. The van der Waals surface area contributed by atoms with E-state index in [0.29, 0.717) is 9.99 Å². The molecule has 0 aliphatic heterocycles. The Morgan fingerprint density at radius 1 is 1.47 bits per heavy atom. The van der Waals surface area contributed by atoms with Gasteiger partial charge in [-0.3, -0.25) is 0 Å². The molecule has 0 radical (unpaired) electrons. The third kappa shape index (κ3) is 1.98. The normalized spacial score (nSPS) is 10.5. The van der Waals surface area contributed by atoms with Gasteiger partial charge in [-0.1, -0.05) is 15.9 Å². The number of carbonyl (C=O) groups excluding carboxylic acids is 1. The molecular formula is C12H10BrNO3. The summed E-state index contributed by atoms with van der Waals surface area (Å²) in [6.45, 7) is 1.82. The van der Waals surface area contributed by atoms with E-state index in [0.717, 1.165) is 11.1 Å². The highest BCUT2D eigenvalue weighted by Crippen LogP contribution is 2.33. The molecule has 1 aromatic carbocycles. The van der Waals surface area contributed by atoms with Gasteiger partial charge in [0.1, 0.15) is 11.1 Å². The Balaban J connectivity index is 2.82. The van der Waals surface area contributed by atoms with Gasteiger partial charge in [0.15, 0.2) is 5.75 Å². The Bertz CT molecular complexity index is 610. The van der Waals surface area contributed by atoms with Gasteiger partial charge in [-0.15, -0.1) is 0 Å². The maximum Gasteiger partial charge on any atom is 0.341 e. The molecule has 0 spiro atoms. The second kappa shape index (κ2) is 4.33. The van der Waals surface area contributed by atoms with E-state index >= 15 is 0 Å². The van der Waals surface area contributed by atoms with Crippen LogP contribution in [-0.2, 0) is 4.74 Å². The summed E-state index contributed by atoms with van der Waals surface area (Å²) in [6, 6.07) is 5.20. The number of hydrogen-bond acceptors (Lipinski definition) is 4. The molecule has 0 aliphatic carbocycles. The number of benzene rings is 1. The SMILES string of the molecule is COC(=O)c1cc(Br)c2ccc(C)nc2c1O. The standard InChI is InChI=1S/C12H10BrNO3/c1-6-3-4-7-9(13)5-8(12(16)17-2)11(15)10(7)14-6/h3-5,15H,1-2H3. The van der Waals surface area contributed by atoms with Crippen molar-refractivity contribution < 1.29 is 14.6 Å². The summed E-state index contributed by atoms with van der Waals surface area (Å²) < 4.78 is 5.30. The lowest BCUT2D eigenvalue weighted by molar-refractivity contribution is 0.0597. The first-order chi connectivity index (χ1) is 8.04. The van der Waals surface area contributed by atoms with E-state index in [4.69, 9.17) is 0 Å². The van der Waals surface area contributed by atoms with Crippen LogP contribution in [0.25, 0.3) is 10.9 Å². The molecule has 2 rings (SSSR count). The minimum Gasteiger partial charge on any atom is -0.505 e. The number of pyridine rings is 1. The molecular weight excluding hydrogens is 286 g/mol. The Morgan fingerprint density at radius 2 is 2.18 bits per heavy atom. The number of aromatic nitrogens is 1. The smallest absolute Gasteiger partial charge is 0.341 e. The van der Waals surface area contributed by atoms with Gasteiger partial charge >= 0.3 is 5.97 Å². The van der Waals surface area contributed by atoms with E-state index in [2.05, 4.69) is 25.7 Å². The number of nitrogens with zero attached hydrogens (tertiary/aromatic N) is 1. The number of esters is 1. The van der Waals surface area contributed by atoms with E-state index in [1.54, 1.807) is 0 Å². The number of ether oxygens (including phenoxy) is 1. The van der Waals surface area contributed by atoms with Crippen LogP contribution in [0.15, 0.2) is 22.7 Å². The number of aromatic hydroxyl groups is 1. The van der Waals surface area contributed by atoms with Gasteiger partial charge in [-0.2, -0.15) is 0 Å². The number of phenolic OH excluding ortho intramolecular Hbond substituents is 1. The van der Waals surface area contributed by atoms with Crippen LogP contribution in [0.2, 0.25) is 0 Å². The quantitative estimate of drug-likeness (QED) is 0.822. The zero-order chi connectivity index (χ0) is 12.6. The van der Waals surface area contributed by atoms with Gasteiger partial charge in [0.2, 0.25) is 0 Å². The van der Waals surface area contributed by atoms with Gasteiger partial charge in [0, 0.05) is 15.6 Å². The fourth-order valence-corrected chi connectivity index (χ4v) is 2.14. The summed E-state index contributed by atoms with van der Waals surface area (Å²) in [5.41, 5.74) is 1.26. The summed E-state index contributed by atoms with van der Waals surface area (Å²) in [7, 11) is 1.27. The highest BCUT2D eigenvalue weighted by atomic mass is 79.9. The van der Waals surface area contributed by atoms with Gasteiger partial charge in [-0.25, -0.2) is 9.78 Å². The molecule has 2 aromatic rings. The molecule has 17 heavy (non-hydrogen) atoms. The molecule has 0 amide bonds. The molecule has 0 aliphatic rings. The van der Waals surface area contributed by atoms with Gasteiger partial charge in [0.05, 0.1) is 7.11 Å². The van der Waals surface area contributed by atoms with E-state index in [1.165, 1.54) is 13.2 Å². The highest BCUT2D eigenvalue weighted by molar-refractivity contribution is 9.10. The van der Waals surface area contributed by atoms with Crippen LogP contribution in [0.3, 0.4) is 0 Å². The number of hydrogen-bond donors (Lipinski definition) is 1. The van der Waals surface area contributed by atoms with Crippen molar-refractivity contribution in [3.05, 3.63) is 33.9 Å². The number of fused-ring (bicyclic) bond motifs is 1. The number of carbonyl (C=O) groups is 1. The number of phenols is 1. The molecule has 88 valence electrons. The first-order valence-electron chi connectivity index (χ1n) is 4.91. The van der Waals surface area contributed by atoms with Gasteiger partial charge in [-0.05, 0) is 25.1 Å². The monoisotopic (exact) mass is 295 g/mol. The summed E-state index contributed by atoms with van der Waals surface area (Å²) in [4.78, 5) is 15.7. The van der Waals surface area contributed by atoms with E-state index in [-0.39, 0.29) is 11.3 Å². The van der Waals surface area contributed by atoms with Crippen molar-refractivity contribution in [2.45, 2.75) is 6.92 Å². The second-order valence-corrected chi connectivity index (χ2v) is 4.45. The molecule has 0 bridgehead atoms. The average Bonchev–Trinajstić information content (AvgIpc) is 2.32. The van der Waals surface area contributed by atoms with Crippen LogP contribution in [0.1, 0.15) is 16.1 Å². The van der Waals surface area contributed by atoms with Gasteiger partial charge in [0.25, 0.3) is 0 Å². The van der Waals surface area contributed by atoms with Crippen LogP contribution >= 0.6 is 15.9 Å². The minimum absolute atomic E-state index is 0.102. The summed E-state index contributed by atoms with van der Waals surface area (Å²) in [5.74, 6) is -0.743. The molecule has 0 fully saturated rings. The Labute approximate surface area is 106 Å². The summed E-state index contributed by atoms with van der Waals surface area (Å²) >= 11 is 3.35. The fraction of sp³-hybridized carbons (Fsp3) is 0.167. The Hall–Kier alpha value is -1.62. The predicted molar refractivity (Wildman–Crippen MR) is 67.2 cm³/mol. The van der Waals surface area contributed by atoms with Crippen molar-refractivity contribution >= 4 is 32.8 Å². The maximum absolute atomic E-state index is 11.5. The molecule has 0 atom stereocenters. The molecule has 0 saturated heterocycles. The van der Waals surface area contributed by atoms with Crippen LogP contribution in [-0.4, -0.2) is 23.2 Å². The van der Waals surface area contributed by atoms with Crippen molar-refractivity contribution in [2.24, 2.45) is 0 Å². The van der Waals surface area contributed by atoms with Crippen molar-refractivity contribution in [1.82, 2.24) is 4.98 Å². The van der Waals surface area contributed by atoms with E-state index in [1.807, 2.05) is 19.1 Å². The molecule has 4 nitrogen and oxygen atoms in total. The molecule has 0 unspecified atom stereocenters. The zero-order valence-electron chi connectivity index (χ0n) is 9.32. The topological polar surface area (TPSA) is 59.4 Å². The molecule has 1 aromatic heterocycles. The Kier molecular flexibility index (Phi) is 3.02. The number of aryl methyl sites for hydroxylation is 1. The zero-order valence-corrected chi connectivity index (χ0v) is 10.9. The van der Waals surface area contributed by atoms with Crippen molar-refractivity contribution in [3.8, 4) is 5.75 Å². The largest absolute Gasteiger partial charge is 0.505 e. The van der Waals surface area contributed by atoms with Gasteiger partial charge < -0.3 is 9.84 Å². The average molecular weight is 296 g/mol. The first kappa shape index (κ1) is 11.9. The van der Waals surface area contributed by atoms with Crippen molar-refractivity contribution in [1.29, 1.82) is 0 Å².